The fraction of sp³-hybridized carbons (Fsp3) is 0.969. The fourth-order valence-electron chi connectivity index (χ4n) is 6.83. The van der Waals surface area contributed by atoms with Gasteiger partial charge in [-0.2, -0.15) is 0 Å². The molecule has 15 atom stereocenters. The Morgan fingerprint density at radius 3 is 2.32 bits per heavy atom. The molecular weight excluding hydrogens is 574 g/mol. The number of aliphatic hydroxyl groups excluding tert-OH is 2. The molecule has 0 saturated carbocycles. The highest BCUT2D eigenvalue weighted by Gasteiger charge is 2.51. The lowest BCUT2D eigenvalue weighted by Gasteiger charge is -2.48. The third-order valence-corrected chi connectivity index (χ3v) is 10.0. The Hall–Kier alpha value is -0.930. The number of aliphatic hydroxyl groups is 3. The normalized spacial score (nSPS) is 47.9. The minimum absolute atomic E-state index is 0.0424. The SMILES string of the molecule is CCOCC1[C@H](C)O[C@@H](O[C@H]2[C@H](C)[C@@H](O[C@@H]3O[C@H](C)CC[C@H]3O)N[C@H](C)[C@@H](O)[C@](C)(O)[C@@H](CC)OC(=O)[C@@H]2C)C[C@@]1(C)OC. The molecule has 3 heterocycles. The van der Waals surface area contributed by atoms with Gasteiger partial charge in [0.25, 0.3) is 0 Å². The van der Waals surface area contributed by atoms with E-state index in [1.807, 2.05) is 34.6 Å². The summed E-state index contributed by atoms with van der Waals surface area (Å²) in [6, 6.07) is -0.709. The van der Waals surface area contributed by atoms with Crippen LogP contribution in [0.4, 0.5) is 0 Å². The van der Waals surface area contributed by atoms with Crippen molar-refractivity contribution in [3.8, 4) is 0 Å². The number of nitrogens with one attached hydrogen (secondary N) is 1. The van der Waals surface area contributed by atoms with E-state index in [1.54, 1.807) is 27.9 Å². The average molecular weight is 634 g/mol. The summed E-state index contributed by atoms with van der Waals surface area (Å²) in [4.78, 5) is 13.7. The van der Waals surface area contributed by atoms with E-state index in [-0.39, 0.29) is 24.5 Å². The molecule has 0 bridgehead atoms. The van der Waals surface area contributed by atoms with E-state index in [0.717, 1.165) is 0 Å². The van der Waals surface area contributed by atoms with Crippen LogP contribution in [0.25, 0.3) is 0 Å². The number of carbonyl (C=O) groups is 1. The van der Waals surface area contributed by atoms with Crippen LogP contribution < -0.4 is 5.32 Å². The highest BCUT2D eigenvalue weighted by molar-refractivity contribution is 5.73. The second kappa shape index (κ2) is 15.8. The molecule has 0 radical (unpaired) electrons. The largest absolute Gasteiger partial charge is 0.459 e. The zero-order valence-electron chi connectivity index (χ0n) is 28.4. The zero-order valence-corrected chi connectivity index (χ0v) is 28.4. The van der Waals surface area contributed by atoms with E-state index >= 15 is 0 Å². The van der Waals surface area contributed by atoms with Crippen molar-refractivity contribution < 1.29 is 53.3 Å². The van der Waals surface area contributed by atoms with Crippen molar-refractivity contribution in [2.75, 3.05) is 20.3 Å². The number of methoxy groups -OCH3 is 1. The highest BCUT2D eigenvalue weighted by atomic mass is 16.7. The summed E-state index contributed by atoms with van der Waals surface area (Å²) in [5.41, 5.74) is -2.38. The Morgan fingerprint density at radius 2 is 1.70 bits per heavy atom. The van der Waals surface area contributed by atoms with Crippen molar-refractivity contribution in [3.63, 3.8) is 0 Å². The molecule has 0 aromatic heterocycles. The molecule has 12 heteroatoms. The number of cyclic esters (lactones) is 1. The Balaban J connectivity index is 1.99. The van der Waals surface area contributed by atoms with Gasteiger partial charge in [-0.25, -0.2) is 0 Å². The highest BCUT2D eigenvalue weighted by Crippen LogP contribution is 2.40. The molecule has 0 aromatic rings. The molecule has 0 spiro atoms. The molecule has 4 N–H and O–H groups in total. The first kappa shape index (κ1) is 37.5. The predicted octanol–water partition coefficient (Wildman–Crippen LogP) is 2.49. The van der Waals surface area contributed by atoms with Crippen LogP contribution in [0.5, 0.6) is 0 Å². The lowest BCUT2D eigenvalue weighted by atomic mass is 9.80. The molecule has 3 rings (SSSR count). The molecule has 258 valence electrons. The molecule has 12 nitrogen and oxygen atoms in total. The zero-order chi connectivity index (χ0) is 33.0. The quantitative estimate of drug-likeness (QED) is 0.276. The summed E-state index contributed by atoms with van der Waals surface area (Å²) in [6.07, 6.45) is -5.01. The van der Waals surface area contributed by atoms with Gasteiger partial charge in [-0.15, -0.1) is 0 Å². The van der Waals surface area contributed by atoms with Gasteiger partial charge in [0.1, 0.15) is 30.1 Å². The van der Waals surface area contributed by atoms with Gasteiger partial charge in [0.05, 0.1) is 36.4 Å². The Morgan fingerprint density at radius 1 is 1.02 bits per heavy atom. The molecule has 44 heavy (non-hydrogen) atoms. The molecule has 3 aliphatic heterocycles. The van der Waals surface area contributed by atoms with Crippen LogP contribution >= 0.6 is 0 Å². The van der Waals surface area contributed by atoms with Crippen molar-refractivity contribution in [1.29, 1.82) is 0 Å². The molecule has 3 aliphatic rings. The van der Waals surface area contributed by atoms with Gasteiger partial charge in [0, 0.05) is 38.0 Å². The Labute approximate surface area is 263 Å². The van der Waals surface area contributed by atoms with Crippen molar-refractivity contribution in [2.45, 2.75) is 161 Å². The van der Waals surface area contributed by atoms with Crippen molar-refractivity contribution in [1.82, 2.24) is 5.32 Å². The van der Waals surface area contributed by atoms with Gasteiger partial charge in [0.2, 0.25) is 0 Å². The van der Waals surface area contributed by atoms with E-state index in [2.05, 4.69) is 5.32 Å². The average Bonchev–Trinajstić information content (AvgIpc) is 2.98. The first-order valence-corrected chi connectivity index (χ1v) is 16.4. The van der Waals surface area contributed by atoms with Gasteiger partial charge < -0.3 is 48.5 Å². The van der Waals surface area contributed by atoms with Crippen LogP contribution in [-0.2, 0) is 38.0 Å². The van der Waals surface area contributed by atoms with E-state index in [1.165, 1.54) is 6.92 Å². The summed E-state index contributed by atoms with van der Waals surface area (Å²) in [7, 11) is 1.66. The third kappa shape index (κ3) is 8.50. The molecule has 0 aliphatic carbocycles. The maximum Gasteiger partial charge on any atom is 0.311 e. The monoisotopic (exact) mass is 633 g/mol. The van der Waals surface area contributed by atoms with Gasteiger partial charge >= 0.3 is 5.97 Å². The second-order valence-corrected chi connectivity index (χ2v) is 13.5. The minimum atomic E-state index is -1.77. The lowest BCUT2D eigenvalue weighted by molar-refractivity contribution is -0.301. The standard InChI is InChI=1S/C32H59NO11/c1-11-24-32(9,37)27(35)20(6)33-28(44-30-23(34)14-13-17(3)40-30)18(4)26(19(5)29(36)42-24)43-25-15-31(8,38-10)22(16-39-12-2)21(7)41-25/h17-28,30,33-35,37H,11-16H2,1-10H3/t17-,18+,19-,20-,21+,22?,23-,24-,25+,26+,27-,28-,30+,31-,32-/m1/s1. The van der Waals surface area contributed by atoms with Gasteiger partial charge in [-0.3, -0.25) is 10.1 Å². The molecule has 0 aromatic carbocycles. The first-order chi connectivity index (χ1) is 20.6. The van der Waals surface area contributed by atoms with Crippen LogP contribution in [0.2, 0.25) is 0 Å². The van der Waals surface area contributed by atoms with Crippen molar-refractivity contribution in [2.24, 2.45) is 17.8 Å². The number of carbonyl (C=O) groups excluding carboxylic acids is 1. The Bertz CT molecular complexity index is 907. The number of hydrogen-bond donors (Lipinski definition) is 4. The topological polar surface area (TPSA) is 154 Å². The van der Waals surface area contributed by atoms with Crippen LogP contribution in [0.15, 0.2) is 0 Å². The van der Waals surface area contributed by atoms with Crippen LogP contribution in [-0.4, -0.2) is 114 Å². The summed E-state index contributed by atoms with van der Waals surface area (Å²) >= 11 is 0. The molecule has 3 fully saturated rings. The lowest BCUT2D eigenvalue weighted by Crippen LogP contribution is -2.61. The molecule has 3 saturated heterocycles. The third-order valence-electron chi connectivity index (χ3n) is 10.0. The molecule has 1 unspecified atom stereocenters. The smallest absolute Gasteiger partial charge is 0.311 e. The van der Waals surface area contributed by atoms with Crippen molar-refractivity contribution >= 4 is 5.97 Å². The maximum absolute atomic E-state index is 13.7. The number of ether oxygens (including phenoxy) is 7. The van der Waals surface area contributed by atoms with E-state index in [9.17, 15) is 20.1 Å². The second-order valence-electron chi connectivity index (χ2n) is 13.5. The summed E-state index contributed by atoms with van der Waals surface area (Å²) in [6.45, 7) is 17.4. The summed E-state index contributed by atoms with van der Waals surface area (Å²) in [5, 5.41) is 36.8. The van der Waals surface area contributed by atoms with Crippen LogP contribution in [0, 0.1) is 17.8 Å². The van der Waals surface area contributed by atoms with Gasteiger partial charge in [-0.05, 0) is 67.7 Å². The van der Waals surface area contributed by atoms with Gasteiger partial charge in [0.15, 0.2) is 12.6 Å². The summed E-state index contributed by atoms with van der Waals surface area (Å²) < 4.78 is 43.0. The number of hydrogen-bond acceptors (Lipinski definition) is 12. The van der Waals surface area contributed by atoms with Gasteiger partial charge in [-0.1, -0.05) is 13.8 Å². The number of esters is 1. The minimum Gasteiger partial charge on any atom is -0.459 e. The fourth-order valence-corrected chi connectivity index (χ4v) is 6.83. The van der Waals surface area contributed by atoms with Crippen molar-refractivity contribution in [3.05, 3.63) is 0 Å². The predicted molar refractivity (Wildman–Crippen MR) is 161 cm³/mol. The summed E-state index contributed by atoms with van der Waals surface area (Å²) in [5.74, 6) is -1.99. The number of rotatable bonds is 9. The Kier molecular flexibility index (Phi) is 13.5. The van der Waals surface area contributed by atoms with Crippen LogP contribution in [0.1, 0.15) is 88.0 Å². The van der Waals surface area contributed by atoms with Crippen LogP contribution in [0.3, 0.4) is 0 Å². The van der Waals surface area contributed by atoms with E-state index in [0.29, 0.717) is 32.5 Å². The molecule has 0 amide bonds. The first-order valence-electron chi connectivity index (χ1n) is 16.4. The van der Waals surface area contributed by atoms with E-state index in [4.69, 9.17) is 33.2 Å². The van der Waals surface area contributed by atoms with E-state index < -0.39 is 78.3 Å². The molecular formula is C32H59NO11. The maximum atomic E-state index is 13.7.